The molecule has 0 radical (unpaired) electrons. The maximum absolute atomic E-state index is 11.8. The lowest BCUT2D eigenvalue weighted by Gasteiger charge is -2.17. The molecule has 1 aromatic rings. The quantitative estimate of drug-likeness (QED) is 0.599. The number of aliphatic carboxylic acids is 1. The van der Waals surface area contributed by atoms with Crippen LogP contribution in [0.25, 0.3) is 0 Å². The molecule has 1 unspecified atom stereocenters. The minimum absolute atomic E-state index is 0.0407. The molecule has 1 atom stereocenters. The second-order valence-corrected chi connectivity index (χ2v) is 4.60. The van der Waals surface area contributed by atoms with Gasteiger partial charge in [-0.15, -0.1) is 0 Å². The molecule has 6 nitrogen and oxygen atoms in total. The Labute approximate surface area is 110 Å². The number of carbonyl (C=O) groups excluding carboxylic acids is 1. The molecule has 4 N–H and O–H groups in total. The summed E-state index contributed by atoms with van der Waals surface area (Å²) in [4.78, 5) is 22.8. The molecule has 1 amide bonds. The summed E-state index contributed by atoms with van der Waals surface area (Å²) in [5.74, 6) is -2.87. The third-order valence-corrected chi connectivity index (χ3v) is 2.83. The summed E-state index contributed by atoms with van der Waals surface area (Å²) in [6.45, 7) is 3.45. The molecule has 6 heteroatoms. The van der Waals surface area contributed by atoms with Gasteiger partial charge in [-0.2, -0.15) is 0 Å². The van der Waals surface area contributed by atoms with Crippen molar-refractivity contribution in [3.05, 3.63) is 23.8 Å². The number of amides is 1. The molecular weight excluding hydrogens is 250 g/mol. The van der Waals surface area contributed by atoms with E-state index in [0.29, 0.717) is 0 Å². The van der Waals surface area contributed by atoms with Crippen molar-refractivity contribution < 1.29 is 24.9 Å². The largest absolute Gasteiger partial charge is 0.508 e. The molecule has 0 aromatic heterocycles. The van der Waals surface area contributed by atoms with Gasteiger partial charge in [-0.1, -0.05) is 13.8 Å². The number of nitrogens with one attached hydrogen (secondary N) is 1. The van der Waals surface area contributed by atoms with Crippen molar-refractivity contribution >= 4 is 11.9 Å². The summed E-state index contributed by atoms with van der Waals surface area (Å²) in [5.41, 5.74) is -0.0899. The summed E-state index contributed by atoms with van der Waals surface area (Å²) in [6.07, 6.45) is 0. The lowest BCUT2D eigenvalue weighted by molar-refractivity contribution is -0.142. The van der Waals surface area contributed by atoms with Crippen LogP contribution in [0.3, 0.4) is 0 Å². The van der Waals surface area contributed by atoms with Crippen LogP contribution < -0.4 is 5.32 Å². The van der Waals surface area contributed by atoms with Crippen LogP contribution >= 0.6 is 0 Å². The second kappa shape index (κ2) is 6.08. The lowest BCUT2D eigenvalue weighted by atomic mass is 9.96. The highest BCUT2D eigenvalue weighted by atomic mass is 16.4. The van der Waals surface area contributed by atoms with Crippen molar-refractivity contribution in [2.75, 3.05) is 6.54 Å². The number of hydrogen-bond donors (Lipinski definition) is 4. The van der Waals surface area contributed by atoms with Crippen LogP contribution in [-0.2, 0) is 4.79 Å². The van der Waals surface area contributed by atoms with Gasteiger partial charge in [0.15, 0.2) is 0 Å². The fourth-order valence-corrected chi connectivity index (χ4v) is 1.61. The molecule has 104 valence electrons. The number of hydrogen-bond acceptors (Lipinski definition) is 4. The van der Waals surface area contributed by atoms with E-state index in [0.717, 1.165) is 6.07 Å². The van der Waals surface area contributed by atoms with Gasteiger partial charge in [-0.3, -0.25) is 9.59 Å². The van der Waals surface area contributed by atoms with E-state index in [1.807, 2.05) is 0 Å². The van der Waals surface area contributed by atoms with Gasteiger partial charge < -0.3 is 20.6 Å². The van der Waals surface area contributed by atoms with Crippen LogP contribution in [-0.4, -0.2) is 33.7 Å². The fourth-order valence-electron chi connectivity index (χ4n) is 1.61. The van der Waals surface area contributed by atoms with Gasteiger partial charge in [0.2, 0.25) is 0 Å². The van der Waals surface area contributed by atoms with Crippen molar-refractivity contribution in [3.8, 4) is 11.5 Å². The van der Waals surface area contributed by atoms with Gasteiger partial charge in [0.05, 0.1) is 11.5 Å². The van der Waals surface area contributed by atoms with Gasteiger partial charge >= 0.3 is 5.97 Å². The molecular formula is C13H17NO5. The van der Waals surface area contributed by atoms with Crippen molar-refractivity contribution in [2.24, 2.45) is 11.8 Å². The first-order valence-electron chi connectivity index (χ1n) is 5.86. The van der Waals surface area contributed by atoms with E-state index in [4.69, 9.17) is 5.11 Å². The van der Waals surface area contributed by atoms with E-state index in [2.05, 4.69) is 5.32 Å². The van der Waals surface area contributed by atoms with Crippen molar-refractivity contribution in [1.29, 1.82) is 0 Å². The minimum Gasteiger partial charge on any atom is -0.508 e. The molecule has 0 fully saturated rings. The zero-order valence-corrected chi connectivity index (χ0v) is 10.8. The summed E-state index contributed by atoms with van der Waals surface area (Å²) in [7, 11) is 0. The van der Waals surface area contributed by atoms with E-state index >= 15 is 0 Å². The van der Waals surface area contributed by atoms with Crippen molar-refractivity contribution in [3.63, 3.8) is 0 Å². The third-order valence-electron chi connectivity index (χ3n) is 2.83. The highest BCUT2D eigenvalue weighted by molar-refractivity contribution is 5.97. The highest BCUT2D eigenvalue weighted by Crippen LogP contribution is 2.22. The van der Waals surface area contributed by atoms with Crippen molar-refractivity contribution in [1.82, 2.24) is 5.32 Å². The molecule has 0 saturated carbocycles. The summed E-state index contributed by atoms with van der Waals surface area (Å²) in [6, 6.07) is 3.57. The van der Waals surface area contributed by atoms with Crippen LogP contribution in [0.5, 0.6) is 11.5 Å². The topological polar surface area (TPSA) is 107 Å². The second-order valence-electron chi connectivity index (χ2n) is 4.60. The van der Waals surface area contributed by atoms with Crippen LogP contribution in [0.15, 0.2) is 18.2 Å². The van der Waals surface area contributed by atoms with E-state index in [-0.39, 0.29) is 29.5 Å². The highest BCUT2D eigenvalue weighted by Gasteiger charge is 2.22. The molecule has 0 aliphatic carbocycles. The number of rotatable bonds is 5. The van der Waals surface area contributed by atoms with Gasteiger partial charge in [0.1, 0.15) is 11.5 Å². The number of benzene rings is 1. The van der Waals surface area contributed by atoms with Gasteiger partial charge in [0.25, 0.3) is 5.91 Å². The Morgan fingerprint density at radius 2 is 1.89 bits per heavy atom. The smallest absolute Gasteiger partial charge is 0.308 e. The standard InChI is InChI=1S/C13H17NO5/c1-7(2)10(13(18)19)6-14-12(17)9-5-8(15)3-4-11(9)16/h3-5,7,10,15-16H,6H2,1-2H3,(H,14,17)(H,18,19). The minimum atomic E-state index is -0.990. The van der Waals surface area contributed by atoms with Gasteiger partial charge in [-0.05, 0) is 24.1 Å². The Morgan fingerprint density at radius 1 is 1.26 bits per heavy atom. The number of aromatic hydroxyl groups is 2. The Kier molecular flexibility index (Phi) is 4.74. The maximum atomic E-state index is 11.8. The van der Waals surface area contributed by atoms with Crippen molar-refractivity contribution in [2.45, 2.75) is 13.8 Å². The first-order chi connectivity index (χ1) is 8.82. The number of carboxylic acid groups (broad SMARTS) is 1. The fraction of sp³-hybridized carbons (Fsp3) is 0.385. The van der Waals surface area contributed by atoms with Crippen LogP contribution in [0.2, 0.25) is 0 Å². The average Bonchev–Trinajstić information content (AvgIpc) is 2.31. The molecule has 0 bridgehead atoms. The van der Waals surface area contributed by atoms with E-state index in [1.165, 1.54) is 12.1 Å². The average molecular weight is 267 g/mol. The monoisotopic (exact) mass is 267 g/mol. The SMILES string of the molecule is CC(C)C(CNC(=O)c1cc(O)ccc1O)C(=O)O. The predicted molar refractivity (Wildman–Crippen MR) is 68.1 cm³/mol. The normalized spacial score (nSPS) is 12.2. The Morgan fingerprint density at radius 3 is 2.42 bits per heavy atom. The summed E-state index contributed by atoms with van der Waals surface area (Å²) in [5, 5.41) is 30.2. The van der Waals surface area contributed by atoms with Crippen LogP contribution in [0, 0.1) is 11.8 Å². The Balaban J connectivity index is 2.75. The zero-order valence-electron chi connectivity index (χ0n) is 10.8. The predicted octanol–water partition coefficient (Wildman–Crippen LogP) is 1.18. The Hall–Kier alpha value is -2.24. The van der Waals surface area contributed by atoms with Crippen LogP contribution in [0.4, 0.5) is 0 Å². The maximum Gasteiger partial charge on any atom is 0.308 e. The lowest BCUT2D eigenvalue weighted by Crippen LogP contribution is -2.35. The van der Waals surface area contributed by atoms with Crippen LogP contribution in [0.1, 0.15) is 24.2 Å². The molecule has 0 aliphatic heterocycles. The van der Waals surface area contributed by atoms with E-state index in [9.17, 15) is 19.8 Å². The van der Waals surface area contributed by atoms with Gasteiger partial charge in [0, 0.05) is 6.54 Å². The van der Waals surface area contributed by atoms with E-state index in [1.54, 1.807) is 13.8 Å². The molecule has 1 rings (SSSR count). The number of carboxylic acids is 1. The summed E-state index contributed by atoms with van der Waals surface area (Å²) < 4.78 is 0. The zero-order chi connectivity index (χ0) is 14.6. The van der Waals surface area contributed by atoms with E-state index < -0.39 is 17.8 Å². The molecule has 0 saturated heterocycles. The number of phenolic OH excluding ortho intramolecular Hbond substituents is 2. The number of phenols is 2. The first kappa shape index (κ1) is 14.8. The molecule has 0 heterocycles. The molecule has 0 aliphatic rings. The number of carbonyl (C=O) groups is 2. The first-order valence-corrected chi connectivity index (χ1v) is 5.86. The summed E-state index contributed by atoms with van der Waals surface area (Å²) >= 11 is 0. The van der Waals surface area contributed by atoms with Gasteiger partial charge in [-0.25, -0.2) is 0 Å². The molecule has 19 heavy (non-hydrogen) atoms. The molecule has 1 aromatic carbocycles. The third kappa shape index (κ3) is 3.87. The Bertz CT molecular complexity index is 484. The molecule has 0 spiro atoms.